The van der Waals surface area contributed by atoms with Crippen LogP contribution in [0.15, 0.2) is 0 Å². The van der Waals surface area contributed by atoms with Gasteiger partial charge in [-0.25, -0.2) is 0 Å². The molecule has 0 aromatic carbocycles. The maximum absolute atomic E-state index is 12.5. The Morgan fingerprint density at radius 1 is 0.484 bits per heavy atom. The average Bonchev–Trinajstić information content (AvgIpc) is 2.75. The molecule has 0 aliphatic heterocycles. The third-order valence-electron chi connectivity index (χ3n) is 6.75. The lowest BCUT2D eigenvalue weighted by Crippen LogP contribution is -2.21. The Kier molecular flexibility index (Phi) is 23.5. The molecule has 2 nitrogen and oxygen atoms in total. The molecular formula is C29H56O2. The monoisotopic (exact) mass is 436 g/mol. The van der Waals surface area contributed by atoms with Crippen molar-refractivity contribution in [2.75, 3.05) is 0 Å². The van der Waals surface area contributed by atoms with E-state index in [-0.39, 0.29) is 17.5 Å². The zero-order chi connectivity index (χ0) is 23.0. The van der Waals surface area contributed by atoms with Gasteiger partial charge in [-0.05, 0) is 19.8 Å². The SMILES string of the molecule is CCCCCCCCCCCCCCC(C(C)=O)C(=O)CCCCCCCCCCC. The van der Waals surface area contributed by atoms with E-state index in [2.05, 4.69) is 13.8 Å². The molecule has 1 unspecified atom stereocenters. The molecule has 0 aliphatic rings. The number of unbranched alkanes of at least 4 members (excludes halogenated alkanes) is 19. The Morgan fingerprint density at radius 2 is 0.806 bits per heavy atom. The highest BCUT2D eigenvalue weighted by atomic mass is 16.1. The summed E-state index contributed by atoms with van der Waals surface area (Å²) in [6, 6.07) is 0. The van der Waals surface area contributed by atoms with Crippen LogP contribution in [-0.4, -0.2) is 11.6 Å². The highest BCUT2D eigenvalue weighted by Crippen LogP contribution is 2.18. The molecule has 0 N–H and O–H groups in total. The van der Waals surface area contributed by atoms with Gasteiger partial charge in [0.05, 0.1) is 5.92 Å². The molecule has 0 amide bonds. The molecule has 31 heavy (non-hydrogen) atoms. The third-order valence-corrected chi connectivity index (χ3v) is 6.75. The van der Waals surface area contributed by atoms with Gasteiger partial charge in [0.1, 0.15) is 11.6 Å². The molecule has 0 saturated heterocycles. The molecule has 0 aliphatic carbocycles. The van der Waals surface area contributed by atoms with Crippen molar-refractivity contribution in [3.8, 4) is 0 Å². The predicted molar refractivity (Wildman–Crippen MR) is 137 cm³/mol. The van der Waals surface area contributed by atoms with Gasteiger partial charge in [0.2, 0.25) is 0 Å². The summed E-state index contributed by atoms with van der Waals surface area (Å²) in [5.41, 5.74) is 0. The van der Waals surface area contributed by atoms with E-state index >= 15 is 0 Å². The van der Waals surface area contributed by atoms with E-state index in [9.17, 15) is 9.59 Å². The summed E-state index contributed by atoms with van der Waals surface area (Å²) in [7, 11) is 0. The minimum atomic E-state index is -0.322. The molecule has 1 atom stereocenters. The van der Waals surface area contributed by atoms with Gasteiger partial charge in [0, 0.05) is 6.42 Å². The molecule has 0 saturated carbocycles. The standard InChI is InChI=1S/C29H56O2/c1-4-6-8-10-12-14-15-16-18-19-21-23-25-28(27(3)30)29(31)26-24-22-20-17-13-11-9-7-5-2/h28H,4-26H2,1-3H3. The van der Waals surface area contributed by atoms with Crippen LogP contribution >= 0.6 is 0 Å². The summed E-state index contributed by atoms with van der Waals surface area (Å²) in [6.07, 6.45) is 28.6. The maximum Gasteiger partial charge on any atom is 0.143 e. The molecule has 0 rings (SSSR count). The first-order valence-corrected chi connectivity index (χ1v) is 14.2. The number of carbonyl (C=O) groups is 2. The topological polar surface area (TPSA) is 34.1 Å². The zero-order valence-electron chi connectivity index (χ0n) is 21.7. The van der Waals surface area contributed by atoms with Gasteiger partial charge in [0.25, 0.3) is 0 Å². The van der Waals surface area contributed by atoms with Crippen LogP contribution in [-0.2, 0) is 9.59 Å². The Hall–Kier alpha value is -0.660. The number of carbonyl (C=O) groups excluding carboxylic acids is 2. The van der Waals surface area contributed by atoms with Crippen molar-refractivity contribution in [1.29, 1.82) is 0 Å². The lowest BCUT2D eigenvalue weighted by molar-refractivity contribution is -0.132. The fraction of sp³-hybridized carbons (Fsp3) is 0.931. The number of rotatable bonds is 25. The fourth-order valence-electron chi connectivity index (χ4n) is 4.56. The van der Waals surface area contributed by atoms with E-state index in [0.29, 0.717) is 6.42 Å². The molecule has 0 radical (unpaired) electrons. The largest absolute Gasteiger partial charge is 0.299 e. The second-order valence-electron chi connectivity index (χ2n) is 9.89. The summed E-state index contributed by atoms with van der Waals surface area (Å²) in [5.74, 6) is -0.0281. The maximum atomic E-state index is 12.5. The minimum absolute atomic E-state index is 0.0870. The van der Waals surface area contributed by atoms with Crippen molar-refractivity contribution < 1.29 is 9.59 Å². The number of Topliss-reactive ketones (excluding diaryl/α,β-unsaturated/α-hetero) is 2. The van der Waals surface area contributed by atoms with Crippen molar-refractivity contribution in [3.63, 3.8) is 0 Å². The molecule has 0 aromatic heterocycles. The first-order chi connectivity index (χ1) is 15.1. The zero-order valence-corrected chi connectivity index (χ0v) is 21.7. The molecule has 0 fully saturated rings. The molecular weight excluding hydrogens is 380 g/mol. The van der Waals surface area contributed by atoms with Gasteiger partial charge in [-0.3, -0.25) is 9.59 Å². The molecule has 0 aromatic rings. The average molecular weight is 437 g/mol. The minimum Gasteiger partial charge on any atom is -0.299 e. The Labute approximate surface area is 195 Å². The number of ketones is 2. The van der Waals surface area contributed by atoms with E-state index in [1.165, 1.54) is 116 Å². The van der Waals surface area contributed by atoms with E-state index in [1.54, 1.807) is 6.92 Å². The van der Waals surface area contributed by atoms with Crippen LogP contribution in [0.5, 0.6) is 0 Å². The second kappa shape index (κ2) is 24.0. The number of hydrogen-bond donors (Lipinski definition) is 0. The lowest BCUT2D eigenvalue weighted by Gasteiger charge is -2.12. The van der Waals surface area contributed by atoms with Crippen molar-refractivity contribution in [3.05, 3.63) is 0 Å². The van der Waals surface area contributed by atoms with Crippen molar-refractivity contribution in [2.24, 2.45) is 5.92 Å². The van der Waals surface area contributed by atoms with E-state index in [1.807, 2.05) is 0 Å². The second-order valence-corrected chi connectivity index (χ2v) is 9.89. The molecule has 0 bridgehead atoms. The van der Waals surface area contributed by atoms with E-state index < -0.39 is 0 Å². The van der Waals surface area contributed by atoms with E-state index in [4.69, 9.17) is 0 Å². The highest BCUT2D eigenvalue weighted by molar-refractivity contribution is 6.01. The van der Waals surface area contributed by atoms with Crippen molar-refractivity contribution in [2.45, 2.75) is 168 Å². The molecule has 2 heteroatoms. The Bertz CT molecular complexity index is 402. The van der Waals surface area contributed by atoms with Crippen LogP contribution in [0.4, 0.5) is 0 Å². The molecule has 0 spiro atoms. The smallest absolute Gasteiger partial charge is 0.143 e. The van der Waals surface area contributed by atoms with Gasteiger partial charge in [-0.1, -0.05) is 142 Å². The lowest BCUT2D eigenvalue weighted by atomic mass is 9.90. The molecule has 184 valence electrons. The summed E-state index contributed by atoms with van der Waals surface area (Å²) in [6.45, 7) is 6.13. The van der Waals surface area contributed by atoms with E-state index in [0.717, 1.165) is 25.7 Å². The number of hydrogen-bond acceptors (Lipinski definition) is 2. The van der Waals surface area contributed by atoms with Crippen molar-refractivity contribution in [1.82, 2.24) is 0 Å². The van der Waals surface area contributed by atoms with Crippen LogP contribution < -0.4 is 0 Å². The first kappa shape index (κ1) is 30.3. The van der Waals surface area contributed by atoms with Crippen molar-refractivity contribution >= 4 is 11.6 Å². The normalized spacial score (nSPS) is 12.2. The third kappa shape index (κ3) is 21.0. The highest BCUT2D eigenvalue weighted by Gasteiger charge is 2.21. The van der Waals surface area contributed by atoms with Gasteiger partial charge < -0.3 is 0 Å². The van der Waals surface area contributed by atoms with Gasteiger partial charge >= 0.3 is 0 Å². The Balaban J connectivity index is 3.62. The van der Waals surface area contributed by atoms with Gasteiger partial charge in [-0.2, -0.15) is 0 Å². The molecule has 0 heterocycles. The predicted octanol–water partition coefficient (Wildman–Crippen LogP) is 9.77. The summed E-state index contributed by atoms with van der Waals surface area (Å²) < 4.78 is 0. The summed E-state index contributed by atoms with van der Waals surface area (Å²) >= 11 is 0. The van der Waals surface area contributed by atoms with Gasteiger partial charge in [-0.15, -0.1) is 0 Å². The first-order valence-electron chi connectivity index (χ1n) is 14.2. The summed E-state index contributed by atoms with van der Waals surface area (Å²) in [5, 5.41) is 0. The van der Waals surface area contributed by atoms with Crippen LogP contribution in [0.25, 0.3) is 0 Å². The summed E-state index contributed by atoms with van der Waals surface area (Å²) in [4.78, 5) is 24.5. The van der Waals surface area contributed by atoms with Gasteiger partial charge in [0.15, 0.2) is 0 Å². The van der Waals surface area contributed by atoms with Crippen LogP contribution in [0.3, 0.4) is 0 Å². The Morgan fingerprint density at radius 3 is 1.16 bits per heavy atom. The van der Waals surface area contributed by atoms with Crippen LogP contribution in [0, 0.1) is 5.92 Å². The fourth-order valence-corrected chi connectivity index (χ4v) is 4.56. The van der Waals surface area contributed by atoms with Crippen LogP contribution in [0.1, 0.15) is 168 Å². The van der Waals surface area contributed by atoms with Crippen LogP contribution in [0.2, 0.25) is 0 Å². The quantitative estimate of drug-likeness (QED) is 0.105.